The van der Waals surface area contributed by atoms with E-state index in [-0.39, 0.29) is 10.8 Å². The maximum Gasteiger partial charge on any atom is 0.225 e. The van der Waals surface area contributed by atoms with Crippen molar-refractivity contribution >= 4 is 34.2 Å². The Morgan fingerprint density at radius 2 is 2.00 bits per heavy atom. The molecule has 3 aliphatic rings. The van der Waals surface area contributed by atoms with Crippen molar-refractivity contribution in [2.45, 2.75) is 24.8 Å². The van der Waals surface area contributed by atoms with E-state index >= 15 is 0 Å². The van der Waals surface area contributed by atoms with E-state index < -0.39 is 0 Å². The van der Waals surface area contributed by atoms with Gasteiger partial charge in [-0.1, -0.05) is 11.6 Å². The molecule has 5 rings (SSSR count). The quantitative estimate of drug-likeness (QED) is 0.581. The Hall–Kier alpha value is -0.870. The van der Waals surface area contributed by atoms with Gasteiger partial charge in [-0.05, 0) is 36.8 Å². The van der Waals surface area contributed by atoms with Gasteiger partial charge in [0.05, 0.1) is 17.1 Å². The zero-order valence-electron chi connectivity index (χ0n) is 8.32. The molecule has 82 valence electrons. The SMILES string of the molecule is Clc1nc(Cl)c2cnn(C34CC(C3)C4)c2n1. The molecule has 2 aromatic heterocycles. The molecule has 0 spiro atoms. The van der Waals surface area contributed by atoms with Crippen molar-refractivity contribution in [3.05, 3.63) is 16.6 Å². The van der Waals surface area contributed by atoms with Crippen molar-refractivity contribution in [3.63, 3.8) is 0 Å². The summed E-state index contributed by atoms with van der Waals surface area (Å²) in [6, 6.07) is 0. The Morgan fingerprint density at radius 3 is 2.62 bits per heavy atom. The summed E-state index contributed by atoms with van der Waals surface area (Å²) in [4.78, 5) is 8.16. The molecule has 3 aliphatic carbocycles. The standard InChI is InChI=1S/C10H8Cl2N4/c11-7-6-4-13-16(8(6)15-9(12)14-7)10-1-5(2-10)3-10/h4-5H,1-3H2. The van der Waals surface area contributed by atoms with Crippen LogP contribution in [-0.4, -0.2) is 19.7 Å². The lowest BCUT2D eigenvalue weighted by atomic mass is 9.50. The van der Waals surface area contributed by atoms with Gasteiger partial charge in [-0.15, -0.1) is 0 Å². The summed E-state index contributed by atoms with van der Waals surface area (Å²) in [7, 11) is 0. The Bertz CT molecular complexity index is 589. The lowest BCUT2D eigenvalue weighted by Crippen LogP contribution is -2.59. The minimum atomic E-state index is 0.186. The van der Waals surface area contributed by atoms with Crippen LogP contribution in [0.2, 0.25) is 10.4 Å². The summed E-state index contributed by atoms with van der Waals surface area (Å²) in [5.74, 6) is 0.895. The maximum absolute atomic E-state index is 6.01. The molecule has 0 N–H and O–H groups in total. The van der Waals surface area contributed by atoms with Gasteiger partial charge in [0.2, 0.25) is 5.28 Å². The van der Waals surface area contributed by atoms with Crippen molar-refractivity contribution < 1.29 is 0 Å². The summed E-state index contributed by atoms with van der Waals surface area (Å²) in [5.41, 5.74) is 0.969. The molecule has 6 heteroatoms. The number of halogens is 2. The molecule has 4 nitrogen and oxygen atoms in total. The first-order valence-corrected chi connectivity index (χ1v) is 6.01. The van der Waals surface area contributed by atoms with Crippen molar-refractivity contribution in [3.8, 4) is 0 Å². The van der Waals surface area contributed by atoms with Crippen LogP contribution in [0.5, 0.6) is 0 Å². The summed E-state index contributed by atoms with van der Waals surface area (Å²) in [5, 5.41) is 5.76. The highest BCUT2D eigenvalue weighted by Crippen LogP contribution is 2.62. The molecule has 0 saturated heterocycles. The van der Waals surface area contributed by atoms with Crippen LogP contribution in [0.4, 0.5) is 0 Å². The van der Waals surface area contributed by atoms with Gasteiger partial charge in [0.15, 0.2) is 5.65 Å². The van der Waals surface area contributed by atoms with Gasteiger partial charge in [0.1, 0.15) is 5.15 Å². The molecule has 0 aliphatic heterocycles. The van der Waals surface area contributed by atoms with Gasteiger partial charge in [0, 0.05) is 0 Å². The Kier molecular flexibility index (Phi) is 1.54. The predicted molar refractivity (Wildman–Crippen MR) is 60.7 cm³/mol. The van der Waals surface area contributed by atoms with Crippen LogP contribution in [0, 0.1) is 5.92 Å². The molecular weight excluding hydrogens is 247 g/mol. The van der Waals surface area contributed by atoms with E-state index in [2.05, 4.69) is 15.1 Å². The third kappa shape index (κ3) is 0.949. The molecule has 2 heterocycles. The molecule has 0 aromatic carbocycles. The van der Waals surface area contributed by atoms with Crippen molar-refractivity contribution in [2.75, 3.05) is 0 Å². The highest BCUT2D eigenvalue weighted by Gasteiger charge is 2.59. The van der Waals surface area contributed by atoms with Gasteiger partial charge in [-0.2, -0.15) is 10.1 Å². The Morgan fingerprint density at radius 1 is 1.25 bits per heavy atom. The van der Waals surface area contributed by atoms with E-state index in [4.69, 9.17) is 23.2 Å². The first-order chi connectivity index (χ1) is 7.68. The van der Waals surface area contributed by atoms with Gasteiger partial charge in [-0.25, -0.2) is 9.67 Å². The molecular formula is C10H8Cl2N4. The van der Waals surface area contributed by atoms with Crippen LogP contribution in [0.1, 0.15) is 19.3 Å². The summed E-state index contributed by atoms with van der Waals surface area (Å²) < 4.78 is 1.99. The van der Waals surface area contributed by atoms with E-state index in [1.165, 1.54) is 19.3 Å². The van der Waals surface area contributed by atoms with Gasteiger partial charge >= 0.3 is 0 Å². The van der Waals surface area contributed by atoms with Crippen LogP contribution in [0.3, 0.4) is 0 Å². The smallest absolute Gasteiger partial charge is 0.225 e. The van der Waals surface area contributed by atoms with E-state index in [9.17, 15) is 0 Å². The number of fused-ring (bicyclic) bond motifs is 1. The summed E-state index contributed by atoms with van der Waals surface area (Å²) >= 11 is 11.8. The number of hydrogen-bond acceptors (Lipinski definition) is 3. The second-order valence-electron chi connectivity index (χ2n) is 4.78. The van der Waals surface area contributed by atoms with E-state index in [1.807, 2.05) is 4.68 Å². The molecule has 2 aromatic rings. The third-order valence-corrected chi connectivity index (χ3v) is 4.27. The molecule has 0 radical (unpaired) electrons. The monoisotopic (exact) mass is 254 g/mol. The molecule has 2 bridgehead atoms. The summed E-state index contributed by atoms with van der Waals surface area (Å²) in [6.07, 6.45) is 5.36. The minimum absolute atomic E-state index is 0.186. The molecule has 0 atom stereocenters. The normalized spacial score (nSPS) is 31.2. The number of aromatic nitrogens is 4. The zero-order chi connectivity index (χ0) is 10.9. The predicted octanol–water partition coefficient (Wildman–Crippen LogP) is 2.64. The minimum Gasteiger partial charge on any atom is -0.241 e. The number of rotatable bonds is 1. The lowest BCUT2D eigenvalue weighted by molar-refractivity contribution is -0.0948. The largest absolute Gasteiger partial charge is 0.241 e. The first kappa shape index (κ1) is 9.19. The van der Waals surface area contributed by atoms with Gasteiger partial charge in [-0.3, -0.25) is 0 Å². The van der Waals surface area contributed by atoms with Crippen LogP contribution < -0.4 is 0 Å². The fourth-order valence-electron chi connectivity index (χ4n) is 2.89. The van der Waals surface area contributed by atoms with Crippen molar-refractivity contribution in [1.82, 2.24) is 19.7 Å². The maximum atomic E-state index is 6.01. The Balaban J connectivity index is 1.99. The molecule has 3 saturated carbocycles. The fraction of sp³-hybridized carbons (Fsp3) is 0.500. The number of nitrogens with zero attached hydrogens (tertiary/aromatic N) is 4. The van der Waals surface area contributed by atoms with Gasteiger partial charge in [0.25, 0.3) is 0 Å². The van der Waals surface area contributed by atoms with E-state index in [0.717, 1.165) is 17.0 Å². The fourth-order valence-corrected chi connectivity index (χ4v) is 3.31. The van der Waals surface area contributed by atoms with E-state index in [0.29, 0.717) is 5.15 Å². The zero-order valence-corrected chi connectivity index (χ0v) is 9.83. The van der Waals surface area contributed by atoms with Crippen molar-refractivity contribution in [2.24, 2.45) is 5.92 Å². The highest BCUT2D eigenvalue weighted by molar-refractivity contribution is 6.35. The Labute approximate surface area is 102 Å². The van der Waals surface area contributed by atoms with E-state index in [1.54, 1.807) is 6.20 Å². The van der Waals surface area contributed by atoms with Crippen LogP contribution in [0.25, 0.3) is 11.0 Å². The lowest BCUT2D eigenvalue weighted by Gasteiger charge is -2.61. The van der Waals surface area contributed by atoms with Crippen LogP contribution in [0.15, 0.2) is 6.20 Å². The summed E-state index contributed by atoms with van der Waals surface area (Å²) in [6.45, 7) is 0. The van der Waals surface area contributed by atoms with Crippen LogP contribution >= 0.6 is 23.2 Å². The third-order valence-electron chi connectivity index (χ3n) is 3.81. The average Bonchev–Trinajstić information content (AvgIpc) is 2.44. The molecule has 3 fully saturated rings. The topological polar surface area (TPSA) is 43.6 Å². The second kappa shape index (κ2) is 2.68. The first-order valence-electron chi connectivity index (χ1n) is 5.25. The molecule has 0 amide bonds. The second-order valence-corrected chi connectivity index (χ2v) is 5.48. The number of hydrogen-bond donors (Lipinski definition) is 0. The average molecular weight is 255 g/mol. The highest BCUT2D eigenvalue weighted by atomic mass is 35.5. The van der Waals surface area contributed by atoms with Crippen LogP contribution in [-0.2, 0) is 5.54 Å². The van der Waals surface area contributed by atoms with Crippen molar-refractivity contribution in [1.29, 1.82) is 0 Å². The molecule has 0 unspecified atom stereocenters. The molecule has 16 heavy (non-hydrogen) atoms. The van der Waals surface area contributed by atoms with Gasteiger partial charge < -0.3 is 0 Å².